The molecule has 122 valence electrons. The van der Waals surface area contributed by atoms with Gasteiger partial charge in [-0.05, 0) is 36.8 Å². The molecule has 1 aromatic heterocycles. The first-order chi connectivity index (χ1) is 11.5. The highest BCUT2D eigenvalue weighted by atomic mass is 35.5. The van der Waals surface area contributed by atoms with E-state index in [0.29, 0.717) is 15.8 Å². The lowest BCUT2D eigenvalue weighted by Crippen LogP contribution is -2.24. The molecule has 0 bridgehead atoms. The highest BCUT2D eigenvalue weighted by Gasteiger charge is 2.08. The Kier molecular flexibility index (Phi) is 4.78. The van der Waals surface area contributed by atoms with E-state index in [1.807, 2.05) is 24.3 Å². The number of rotatable bonds is 4. The lowest BCUT2D eigenvalue weighted by atomic mass is 10.1. The fourth-order valence-electron chi connectivity index (χ4n) is 2.14. The first-order valence-corrected chi connectivity index (χ1v) is 7.87. The molecule has 3 aromatic rings. The van der Waals surface area contributed by atoms with Crippen molar-refractivity contribution in [3.63, 3.8) is 0 Å². The molecule has 0 aliphatic rings. The molecule has 8 heteroatoms. The van der Waals surface area contributed by atoms with Gasteiger partial charge in [0.15, 0.2) is 0 Å². The van der Waals surface area contributed by atoms with Crippen LogP contribution in [0.4, 0.5) is 0 Å². The van der Waals surface area contributed by atoms with Crippen molar-refractivity contribution in [3.05, 3.63) is 58.1 Å². The standard InChI is InChI=1S/C16H13Cl2N5O/c1-10(11-6-7-12(17)13(18)8-11)19-21-16(24)9-23-15-5-3-2-4-14(15)20-22-23/h2-8H,9H2,1H3,(H,21,24)/b19-10+. The summed E-state index contributed by atoms with van der Waals surface area (Å²) >= 11 is 11.9. The van der Waals surface area contributed by atoms with Crippen LogP contribution in [0.15, 0.2) is 47.6 Å². The van der Waals surface area contributed by atoms with Gasteiger partial charge < -0.3 is 0 Å². The van der Waals surface area contributed by atoms with E-state index in [9.17, 15) is 4.79 Å². The van der Waals surface area contributed by atoms with Gasteiger partial charge in [-0.3, -0.25) is 4.79 Å². The Labute approximate surface area is 148 Å². The number of nitrogens with zero attached hydrogens (tertiary/aromatic N) is 4. The largest absolute Gasteiger partial charge is 0.271 e. The average Bonchev–Trinajstić information content (AvgIpc) is 2.98. The van der Waals surface area contributed by atoms with E-state index in [4.69, 9.17) is 23.2 Å². The van der Waals surface area contributed by atoms with Crippen molar-refractivity contribution in [3.8, 4) is 0 Å². The zero-order valence-electron chi connectivity index (χ0n) is 12.7. The SMILES string of the molecule is C/C(=N\NC(=O)Cn1nnc2ccccc21)c1ccc(Cl)c(Cl)c1. The monoisotopic (exact) mass is 361 g/mol. The second-order valence-corrected chi connectivity index (χ2v) is 5.91. The molecule has 0 saturated heterocycles. The van der Waals surface area contributed by atoms with Gasteiger partial charge in [-0.1, -0.05) is 46.6 Å². The third kappa shape index (κ3) is 3.55. The van der Waals surface area contributed by atoms with Gasteiger partial charge >= 0.3 is 0 Å². The lowest BCUT2D eigenvalue weighted by molar-refractivity contribution is -0.121. The highest BCUT2D eigenvalue weighted by molar-refractivity contribution is 6.42. The number of carbonyl (C=O) groups excluding carboxylic acids is 1. The second kappa shape index (κ2) is 6.98. The van der Waals surface area contributed by atoms with Crippen LogP contribution in [0.2, 0.25) is 10.0 Å². The summed E-state index contributed by atoms with van der Waals surface area (Å²) in [7, 11) is 0. The van der Waals surface area contributed by atoms with Crippen LogP contribution in [0, 0.1) is 0 Å². The molecule has 2 aromatic carbocycles. The van der Waals surface area contributed by atoms with Crippen LogP contribution >= 0.6 is 23.2 Å². The Morgan fingerprint density at radius 3 is 2.79 bits per heavy atom. The summed E-state index contributed by atoms with van der Waals surface area (Å²) in [5, 5.41) is 13.0. The summed E-state index contributed by atoms with van der Waals surface area (Å²) < 4.78 is 1.52. The highest BCUT2D eigenvalue weighted by Crippen LogP contribution is 2.22. The van der Waals surface area contributed by atoms with Crippen molar-refractivity contribution < 1.29 is 4.79 Å². The Bertz CT molecular complexity index is 935. The van der Waals surface area contributed by atoms with Crippen molar-refractivity contribution >= 4 is 45.9 Å². The quantitative estimate of drug-likeness (QED) is 0.572. The van der Waals surface area contributed by atoms with Crippen molar-refractivity contribution in [2.75, 3.05) is 0 Å². The summed E-state index contributed by atoms with van der Waals surface area (Å²) in [4.78, 5) is 12.1. The number of aromatic nitrogens is 3. The summed E-state index contributed by atoms with van der Waals surface area (Å²) in [5.41, 5.74) is 5.42. The Morgan fingerprint density at radius 1 is 1.21 bits per heavy atom. The zero-order valence-corrected chi connectivity index (χ0v) is 14.2. The van der Waals surface area contributed by atoms with Gasteiger partial charge in [-0.15, -0.1) is 5.10 Å². The van der Waals surface area contributed by atoms with E-state index in [2.05, 4.69) is 20.8 Å². The fraction of sp³-hybridized carbons (Fsp3) is 0.125. The van der Waals surface area contributed by atoms with Gasteiger partial charge in [-0.2, -0.15) is 5.10 Å². The number of para-hydroxylation sites is 1. The Hall–Kier alpha value is -2.44. The molecule has 0 aliphatic carbocycles. The minimum absolute atomic E-state index is 0.0265. The molecule has 1 N–H and O–H groups in total. The number of nitrogens with one attached hydrogen (secondary N) is 1. The van der Waals surface area contributed by atoms with Crippen LogP contribution in [0.3, 0.4) is 0 Å². The third-order valence-electron chi connectivity index (χ3n) is 3.40. The van der Waals surface area contributed by atoms with Crippen LogP contribution in [0.1, 0.15) is 12.5 Å². The molecule has 0 atom stereocenters. The molecule has 0 radical (unpaired) electrons. The molecule has 0 spiro atoms. The molecule has 1 amide bonds. The van der Waals surface area contributed by atoms with Gasteiger partial charge in [0.25, 0.3) is 5.91 Å². The maximum absolute atomic E-state index is 12.1. The van der Waals surface area contributed by atoms with Crippen molar-refractivity contribution in [1.82, 2.24) is 20.4 Å². The van der Waals surface area contributed by atoms with Crippen molar-refractivity contribution in [2.45, 2.75) is 13.5 Å². The summed E-state index contributed by atoms with van der Waals surface area (Å²) in [6, 6.07) is 12.6. The summed E-state index contributed by atoms with van der Waals surface area (Å²) in [6.07, 6.45) is 0. The fourth-order valence-corrected chi connectivity index (χ4v) is 2.44. The Balaban J connectivity index is 1.69. The smallest absolute Gasteiger partial charge is 0.261 e. The molecule has 24 heavy (non-hydrogen) atoms. The minimum Gasteiger partial charge on any atom is -0.271 e. The number of benzene rings is 2. The minimum atomic E-state index is -0.301. The van der Waals surface area contributed by atoms with Gasteiger partial charge in [0, 0.05) is 0 Å². The average molecular weight is 362 g/mol. The van der Waals surface area contributed by atoms with E-state index < -0.39 is 0 Å². The predicted octanol–water partition coefficient (Wildman–Crippen LogP) is 3.28. The normalized spacial score (nSPS) is 11.7. The number of carbonyl (C=O) groups is 1. The lowest BCUT2D eigenvalue weighted by Gasteiger charge is -2.05. The van der Waals surface area contributed by atoms with Crippen LogP contribution < -0.4 is 5.43 Å². The topological polar surface area (TPSA) is 72.2 Å². The molecule has 0 fully saturated rings. The van der Waals surface area contributed by atoms with E-state index >= 15 is 0 Å². The van der Waals surface area contributed by atoms with Crippen molar-refractivity contribution in [1.29, 1.82) is 0 Å². The number of amides is 1. The van der Waals surface area contributed by atoms with Crippen LogP contribution in [-0.4, -0.2) is 26.6 Å². The molecule has 6 nitrogen and oxygen atoms in total. The molecule has 0 unspecified atom stereocenters. The number of hydrazone groups is 1. The van der Waals surface area contributed by atoms with Crippen LogP contribution in [0.5, 0.6) is 0 Å². The third-order valence-corrected chi connectivity index (χ3v) is 4.14. The molecular weight excluding hydrogens is 349 g/mol. The summed E-state index contributed by atoms with van der Waals surface area (Å²) in [6.45, 7) is 1.80. The molecule has 3 rings (SSSR count). The molecular formula is C16H13Cl2N5O. The number of hydrogen-bond acceptors (Lipinski definition) is 4. The predicted molar refractivity (Wildman–Crippen MR) is 94.3 cm³/mol. The van der Waals surface area contributed by atoms with Crippen molar-refractivity contribution in [2.24, 2.45) is 5.10 Å². The first-order valence-electron chi connectivity index (χ1n) is 7.11. The van der Waals surface area contributed by atoms with Gasteiger partial charge in [0.05, 0.1) is 21.3 Å². The molecule has 0 aliphatic heterocycles. The van der Waals surface area contributed by atoms with E-state index in [0.717, 1.165) is 16.6 Å². The Morgan fingerprint density at radius 2 is 2.00 bits per heavy atom. The van der Waals surface area contributed by atoms with Gasteiger partial charge in [-0.25, -0.2) is 10.1 Å². The molecule has 0 saturated carbocycles. The first kappa shape index (κ1) is 16.4. The van der Waals surface area contributed by atoms with Crippen LogP contribution in [0.25, 0.3) is 11.0 Å². The summed E-state index contributed by atoms with van der Waals surface area (Å²) in [5.74, 6) is -0.301. The maximum Gasteiger partial charge on any atom is 0.261 e. The number of halogens is 2. The maximum atomic E-state index is 12.1. The van der Waals surface area contributed by atoms with Gasteiger partial charge in [0.2, 0.25) is 0 Å². The zero-order chi connectivity index (χ0) is 17.1. The number of hydrogen-bond donors (Lipinski definition) is 1. The van der Waals surface area contributed by atoms with E-state index in [-0.39, 0.29) is 12.5 Å². The molecule has 1 heterocycles. The van der Waals surface area contributed by atoms with E-state index in [1.165, 1.54) is 4.68 Å². The van der Waals surface area contributed by atoms with E-state index in [1.54, 1.807) is 25.1 Å². The van der Waals surface area contributed by atoms with Gasteiger partial charge in [0.1, 0.15) is 12.1 Å². The second-order valence-electron chi connectivity index (χ2n) is 5.10. The van der Waals surface area contributed by atoms with Crippen LogP contribution in [-0.2, 0) is 11.3 Å². The number of fused-ring (bicyclic) bond motifs is 1.